The van der Waals surface area contributed by atoms with Crippen LogP contribution < -0.4 is 5.32 Å². The van der Waals surface area contributed by atoms with E-state index in [0.717, 1.165) is 23.5 Å². The Morgan fingerprint density at radius 3 is 2.84 bits per heavy atom. The second-order valence-corrected chi connectivity index (χ2v) is 7.03. The molecular weight excluding hydrogens is 260 g/mol. The van der Waals surface area contributed by atoms with E-state index < -0.39 is 0 Å². The van der Waals surface area contributed by atoms with Gasteiger partial charge in [-0.15, -0.1) is 0 Å². The quantitative estimate of drug-likeness (QED) is 0.675. The molecule has 1 aromatic carbocycles. The van der Waals surface area contributed by atoms with Crippen LogP contribution in [0.5, 0.6) is 0 Å². The molecule has 19 heavy (non-hydrogen) atoms. The summed E-state index contributed by atoms with van der Waals surface area (Å²) >= 11 is 1.91. The van der Waals surface area contributed by atoms with Gasteiger partial charge in [0.25, 0.3) is 5.69 Å². The first-order valence-corrected chi connectivity index (χ1v) is 7.62. The molecule has 1 aliphatic rings. The first kappa shape index (κ1) is 14.2. The van der Waals surface area contributed by atoms with Crippen molar-refractivity contribution in [3.8, 4) is 0 Å². The minimum atomic E-state index is -0.309. The first-order valence-electron chi connectivity index (χ1n) is 6.47. The van der Waals surface area contributed by atoms with Gasteiger partial charge < -0.3 is 5.32 Å². The average Bonchev–Trinajstić information content (AvgIpc) is 2.30. The monoisotopic (exact) mass is 280 g/mol. The van der Waals surface area contributed by atoms with Crippen LogP contribution >= 0.6 is 11.8 Å². The third-order valence-electron chi connectivity index (χ3n) is 3.32. The van der Waals surface area contributed by atoms with Gasteiger partial charge in [-0.25, -0.2) is 0 Å². The number of nitro groups is 1. The molecule has 104 valence electrons. The van der Waals surface area contributed by atoms with Gasteiger partial charge in [0.1, 0.15) is 5.69 Å². The lowest BCUT2D eigenvalue weighted by molar-refractivity contribution is -0.384. The SMILES string of the molecule is Cc1ccc(NC2CSCC(C)(C)C2)c([N+](=O)[O-])c1. The maximum absolute atomic E-state index is 11.1. The molecule has 2 rings (SSSR count). The van der Waals surface area contributed by atoms with Gasteiger partial charge in [0.2, 0.25) is 0 Å². The van der Waals surface area contributed by atoms with Crippen molar-refractivity contribution in [2.75, 3.05) is 16.8 Å². The Hall–Kier alpha value is -1.23. The number of benzene rings is 1. The van der Waals surface area contributed by atoms with Crippen LogP contribution in [0.3, 0.4) is 0 Å². The summed E-state index contributed by atoms with van der Waals surface area (Å²) in [4.78, 5) is 10.8. The highest BCUT2D eigenvalue weighted by Crippen LogP contribution is 2.36. The number of hydrogen-bond acceptors (Lipinski definition) is 4. The summed E-state index contributed by atoms with van der Waals surface area (Å²) in [5.41, 5.74) is 2.02. The van der Waals surface area contributed by atoms with Crippen molar-refractivity contribution < 1.29 is 4.92 Å². The van der Waals surface area contributed by atoms with Gasteiger partial charge >= 0.3 is 0 Å². The standard InChI is InChI=1S/C14H20N2O2S/c1-10-4-5-12(13(6-10)16(17)18)15-11-7-14(2,3)9-19-8-11/h4-6,11,15H,7-9H2,1-3H3. The van der Waals surface area contributed by atoms with E-state index in [9.17, 15) is 10.1 Å². The van der Waals surface area contributed by atoms with Crippen LogP contribution in [0.15, 0.2) is 18.2 Å². The normalized spacial score (nSPS) is 21.9. The number of nitrogens with one attached hydrogen (secondary N) is 1. The fourth-order valence-electron chi connectivity index (χ4n) is 2.49. The van der Waals surface area contributed by atoms with Crippen molar-refractivity contribution in [1.29, 1.82) is 0 Å². The van der Waals surface area contributed by atoms with Crippen molar-refractivity contribution in [2.45, 2.75) is 33.2 Å². The summed E-state index contributed by atoms with van der Waals surface area (Å²) in [6.45, 7) is 6.37. The van der Waals surface area contributed by atoms with Crippen molar-refractivity contribution >= 4 is 23.1 Å². The van der Waals surface area contributed by atoms with Gasteiger partial charge in [-0.05, 0) is 36.1 Å². The second kappa shape index (κ2) is 5.41. The zero-order chi connectivity index (χ0) is 14.0. The summed E-state index contributed by atoms with van der Waals surface area (Å²) in [5, 5.41) is 14.5. The maximum Gasteiger partial charge on any atom is 0.292 e. The lowest BCUT2D eigenvalue weighted by atomic mass is 9.87. The lowest BCUT2D eigenvalue weighted by Gasteiger charge is -2.35. The summed E-state index contributed by atoms with van der Waals surface area (Å²) in [7, 11) is 0. The number of hydrogen-bond donors (Lipinski definition) is 1. The van der Waals surface area contributed by atoms with E-state index in [0.29, 0.717) is 17.1 Å². The molecule has 0 radical (unpaired) electrons. The first-order chi connectivity index (χ1) is 8.87. The number of rotatable bonds is 3. The Morgan fingerprint density at radius 2 is 2.21 bits per heavy atom. The number of thioether (sulfide) groups is 1. The van der Waals surface area contributed by atoms with Gasteiger partial charge in [-0.2, -0.15) is 11.8 Å². The molecule has 1 saturated heterocycles. The fourth-order valence-corrected chi connectivity index (χ4v) is 3.76. The largest absolute Gasteiger partial charge is 0.376 e. The zero-order valence-corrected chi connectivity index (χ0v) is 12.4. The van der Waals surface area contributed by atoms with Gasteiger partial charge in [0, 0.05) is 17.9 Å². The number of nitrogens with zero attached hydrogens (tertiary/aromatic N) is 1. The highest BCUT2D eigenvalue weighted by molar-refractivity contribution is 7.99. The Balaban J connectivity index is 2.17. The van der Waals surface area contributed by atoms with E-state index in [-0.39, 0.29) is 10.6 Å². The fraction of sp³-hybridized carbons (Fsp3) is 0.571. The minimum absolute atomic E-state index is 0.174. The Bertz CT molecular complexity index is 488. The van der Waals surface area contributed by atoms with Crippen LogP contribution in [0.4, 0.5) is 11.4 Å². The molecule has 0 bridgehead atoms. The van der Waals surface area contributed by atoms with Gasteiger partial charge in [0.05, 0.1) is 4.92 Å². The third kappa shape index (κ3) is 3.62. The molecule has 0 spiro atoms. The van der Waals surface area contributed by atoms with Gasteiger partial charge in [0.15, 0.2) is 0 Å². The molecule has 0 aliphatic carbocycles. The van der Waals surface area contributed by atoms with E-state index in [1.807, 2.05) is 30.8 Å². The Kier molecular flexibility index (Phi) is 4.04. The van der Waals surface area contributed by atoms with Crippen LogP contribution in [0.1, 0.15) is 25.8 Å². The summed E-state index contributed by atoms with van der Waals surface area (Å²) in [5.74, 6) is 2.16. The molecule has 0 saturated carbocycles. The molecule has 5 heteroatoms. The minimum Gasteiger partial charge on any atom is -0.376 e. The van der Waals surface area contributed by atoms with E-state index in [4.69, 9.17) is 0 Å². The Morgan fingerprint density at radius 1 is 1.47 bits per heavy atom. The van der Waals surface area contributed by atoms with Gasteiger partial charge in [-0.3, -0.25) is 10.1 Å². The molecule has 4 nitrogen and oxygen atoms in total. The van der Waals surface area contributed by atoms with Crippen molar-refractivity contribution in [3.05, 3.63) is 33.9 Å². The number of anilines is 1. The maximum atomic E-state index is 11.1. The highest BCUT2D eigenvalue weighted by atomic mass is 32.2. The van der Waals surface area contributed by atoms with Crippen LogP contribution in [-0.4, -0.2) is 22.5 Å². The molecule has 1 atom stereocenters. The van der Waals surface area contributed by atoms with Crippen LogP contribution in [0.2, 0.25) is 0 Å². The van der Waals surface area contributed by atoms with Crippen LogP contribution in [0, 0.1) is 22.5 Å². The van der Waals surface area contributed by atoms with E-state index >= 15 is 0 Å². The zero-order valence-electron chi connectivity index (χ0n) is 11.6. The van der Waals surface area contributed by atoms with Crippen molar-refractivity contribution in [1.82, 2.24) is 0 Å². The topological polar surface area (TPSA) is 55.2 Å². The van der Waals surface area contributed by atoms with Crippen LogP contribution in [0.25, 0.3) is 0 Å². The predicted octanol–water partition coefficient (Wildman–Crippen LogP) is 3.85. The molecule has 1 N–H and O–H groups in total. The van der Waals surface area contributed by atoms with Crippen molar-refractivity contribution in [2.24, 2.45) is 5.41 Å². The second-order valence-electron chi connectivity index (χ2n) is 6.00. The highest BCUT2D eigenvalue weighted by Gasteiger charge is 2.29. The smallest absolute Gasteiger partial charge is 0.292 e. The lowest BCUT2D eigenvalue weighted by Crippen LogP contribution is -2.35. The molecular formula is C14H20N2O2S. The van der Waals surface area contributed by atoms with Crippen molar-refractivity contribution in [3.63, 3.8) is 0 Å². The molecule has 1 unspecified atom stereocenters. The summed E-state index contributed by atoms with van der Waals surface area (Å²) in [6.07, 6.45) is 1.05. The Labute approximate surface area is 118 Å². The molecule has 0 aromatic heterocycles. The van der Waals surface area contributed by atoms with E-state index in [1.165, 1.54) is 0 Å². The molecule has 1 aromatic rings. The summed E-state index contributed by atoms with van der Waals surface area (Å²) < 4.78 is 0. The van der Waals surface area contributed by atoms with E-state index in [1.54, 1.807) is 6.07 Å². The van der Waals surface area contributed by atoms with E-state index in [2.05, 4.69) is 19.2 Å². The molecule has 1 aliphatic heterocycles. The average molecular weight is 280 g/mol. The van der Waals surface area contributed by atoms with Gasteiger partial charge in [-0.1, -0.05) is 19.9 Å². The number of aryl methyl sites for hydroxylation is 1. The molecule has 1 fully saturated rings. The van der Waals surface area contributed by atoms with Crippen LogP contribution in [-0.2, 0) is 0 Å². The predicted molar refractivity (Wildman–Crippen MR) is 81.0 cm³/mol. The number of nitro benzene ring substituents is 1. The molecule has 0 amide bonds. The molecule has 1 heterocycles. The summed E-state index contributed by atoms with van der Waals surface area (Å²) in [6, 6.07) is 5.66. The third-order valence-corrected chi connectivity index (χ3v) is 4.94.